The molecule has 1 aliphatic rings. The van der Waals surface area contributed by atoms with Crippen molar-refractivity contribution in [3.05, 3.63) is 36.5 Å². The number of nitrogens with one attached hydrogen (secondary N) is 1. The Labute approximate surface area is 151 Å². The van der Waals surface area contributed by atoms with Crippen LogP contribution in [-0.2, 0) is 0 Å². The quantitative estimate of drug-likeness (QED) is 0.850. The first-order valence-electron chi connectivity index (χ1n) is 9.39. The molecule has 1 aliphatic heterocycles. The Hall–Kier alpha value is -2.30. The monoisotopic (exact) mass is 339 g/mol. The predicted molar refractivity (Wildman–Crippen MR) is 106 cm³/mol. The van der Waals surface area contributed by atoms with Gasteiger partial charge in [-0.3, -0.25) is 0 Å². The maximum absolute atomic E-state index is 4.62. The van der Waals surface area contributed by atoms with Gasteiger partial charge in [0.1, 0.15) is 5.82 Å². The second-order valence-electron chi connectivity index (χ2n) is 6.76. The Kier molecular flexibility index (Phi) is 5.74. The van der Waals surface area contributed by atoms with Crippen LogP contribution in [0.2, 0.25) is 0 Å². The lowest BCUT2D eigenvalue weighted by atomic mass is 9.99. The van der Waals surface area contributed by atoms with Gasteiger partial charge in [0.15, 0.2) is 0 Å². The Morgan fingerprint density at radius 1 is 1.08 bits per heavy atom. The van der Waals surface area contributed by atoms with E-state index in [-0.39, 0.29) is 0 Å². The minimum atomic E-state index is 0.772. The SMILES string of the molecule is CCN(CC)c1nccc(Nc2ccc(N3CCC(C)CC3)cc2)n1. The van der Waals surface area contributed by atoms with Crippen molar-refractivity contribution in [1.82, 2.24) is 9.97 Å². The summed E-state index contributed by atoms with van der Waals surface area (Å²) in [7, 11) is 0. The zero-order chi connectivity index (χ0) is 17.6. The Bertz CT molecular complexity index is 658. The molecule has 0 amide bonds. The molecule has 3 rings (SSSR count). The molecule has 5 nitrogen and oxygen atoms in total. The summed E-state index contributed by atoms with van der Waals surface area (Å²) in [6, 6.07) is 10.6. The molecule has 25 heavy (non-hydrogen) atoms. The summed E-state index contributed by atoms with van der Waals surface area (Å²) in [5, 5.41) is 3.39. The molecule has 1 N–H and O–H groups in total. The van der Waals surface area contributed by atoms with Crippen LogP contribution in [0.4, 0.5) is 23.1 Å². The average molecular weight is 339 g/mol. The molecule has 1 aromatic heterocycles. The molecule has 1 fully saturated rings. The normalized spacial score (nSPS) is 15.2. The van der Waals surface area contributed by atoms with Crippen LogP contribution in [0.3, 0.4) is 0 Å². The summed E-state index contributed by atoms with van der Waals surface area (Å²) < 4.78 is 0. The number of hydrogen-bond acceptors (Lipinski definition) is 5. The number of piperidine rings is 1. The van der Waals surface area contributed by atoms with E-state index in [1.165, 1.54) is 18.5 Å². The van der Waals surface area contributed by atoms with Crippen LogP contribution in [-0.4, -0.2) is 36.1 Å². The van der Waals surface area contributed by atoms with Crippen molar-refractivity contribution in [1.29, 1.82) is 0 Å². The largest absolute Gasteiger partial charge is 0.372 e. The minimum Gasteiger partial charge on any atom is -0.372 e. The number of benzene rings is 1. The fourth-order valence-electron chi connectivity index (χ4n) is 3.25. The summed E-state index contributed by atoms with van der Waals surface area (Å²) in [6.07, 6.45) is 4.39. The second kappa shape index (κ2) is 8.19. The molecule has 0 unspecified atom stereocenters. The lowest BCUT2D eigenvalue weighted by Crippen LogP contribution is -2.32. The lowest BCUT2D eigenvalue weighted by Gasteiger charge is -2.32. The van der Waals surface area contributed by atoms with Crippen molar-refractivity contribution in [3.63, 3.8) is 0 Å². The summed E-state index contributed by atoms with van der Waals surface area (Å²) in [4.78, 5) is 13.6. The van der Waals surface area contributed by atoms with E-state index in [9.17, 15) is 0 Å². The third-order valence-corrected chi connectivity index (χ3v) is 4.98. The van der Waals surface area contributed by atoms with Crippen LogP contribution in [0.15, 0.2) is 36.5 Å². The molecular weight excluding hydrogens is 310 g/mol. The van der Waals surface area contributed by atoms with Gasteiger partial charge >= 0.3 is 0 Å². The summed E-state index contributed by atoms with van der Waals surface area (Å²) in [6.45, 7) is 10.7. The Morgan fingerprint density at radius 3 is 2.40 bits per heavy atom. The third-order valence-electron chi connectivity index (χ3n) is 4.98. The standard InChI is InChI=1S/C20H29N5/c1-4-24(5-2)20-21-13-10-19(23-20)22-17-6-8-18(9-7-17)25-14-11-16(3)12-15-25/h6-10,13,16H,4-5,11-12,14-15H2,1-3H3,(H,21,22,23). The van der Waals surface area contributed by atoms with Crippen LogP contribution < -0.4 is 15.1 Å². The smallest absolute Gasteiger partial charge is 0.227 e. The zero-order valence-electron chi connectivity index (χ0n) is 15.6. The molecule has 2 aromatic rings. The van der Waals surface area contributed by atoms with Crippen molar-refractivity contribution >= 4 is 23.1 Å². The molecule has 0 atom stereocenters. The number of hydrogen-bond donors (Lipinski definition) is 1. The molecule has 0 spiro atoms. The fourth-order valence-corrected chi connectivity index (χ4v) is 3.25. The van der Waals surface area contributed by atoms with E-state index < -0.39 is 0 Å². The average Bonchev–Trinajstić information content (AvgIpc) is 2.65. The van der Waals surface area contributed by atoms with Gasteiger partial charge in [-0.1, -0.05) is 6.92 Å². The van der Waals surface area contributed by atoms with Crippen molar-refractivity contribution in [2.45, 2.75) is 33.6 Å². The molecule has 0 bridgehead atoms. The molecule has 2 heterocycles. The molecule has 0 saturated carbocycles. The minimum absolute atomic E-state index is 0.772. The summed E-state index contributed by atoms with van der Waals surface area (Å²) >= 11 is 0. The van der Waals surface area contributed by atoms with E-state index in [0.29, 0.717) is 0 Å². The highest BCUT2D eigenvalue weighted by Crippen LogP contribution is 2.25. The molecular formula is C20H29N5. The van der Waals surface area contributed by atoms with E-state index in [4.69, 9.17) is 0 Å². The van der Waals surface area contributed by atoms with Crippen molar-refractivity contribution < 1.29 is 0 Å². The van der Waals surface area contributed by atoms with Gasteiger partial charge in [-0.15, -0.1) is 0 Å². The molecule has 0 radical (unpaired) electrons. The highest BCUT2D eigenvalue weighted by Gasteiger charge is 2.15. The molecule has 1 saturated heterocycles. The van der Waals surface area contributed by atoms with Gasteiger partial charge in [0.05, 0.1) is 0 Å². The molecule has 5 heteroatoms. The first kappa shape index (κ1) is 17.5. The van der Waals surface area contributed by atoms with Gasteiger partial charge in [0, 0.05) is 43.8 Å². The number of nitrogens with zero attached hydrogens (tertiary/aromatic N) is 4. The number of rotatable bonds is 6. The first-order chi connectivity index (χ1) is 12.2. The third kappa shape index (κ3) is 4.41. The van der Waals surface area contributed by atoms with Gasteiger partial charge in [-0.25, -0.2) is 4.98 Å². The Balaban J connectivity index is 1.66. The van der Waals surface area contributed by atoms with E-state index in [1.54, 1.807) is 0 Å². The topological polar surface area (TPSA) is 44.3 Å². The maximum Gasteiger partial charge on any atom is 0.227 e. The van der Waals surface area contributed by atoms with Crippen molar-refractivity contribution in [2.75, 3.05) is 41.3 Å². The van der Waals surface area contributed by atoms with Crippen molar-refractivity contribution in [2.24, 2.45) is 5.92 Å². The van der Waals surface area contributed by atoms with Crippen LogP contribution in [0.25, 0.3) is 0 Å². The van der Waals surface area contributed by atoms with Crippen LogP contribution in [0, 0.1) is 5.92 Å². The fraction of sp³-hybridized carbons (Fsp3) is 0.500. The summed E-state index contributed by atoms with van der Waals surface area (Å²) in [5.41, 5.74) is 2.36. The second-order valence-corrected chi connectivity index (χ2v) is 6.76. The molecule has 134 valence electrons. The number of aromatic nitrogens is 2. The highest BCUT2D eigenvalue weighted by molar-refractivity contribution is 5.61. The van der Waals surface area contributed by atoms with Gasteiger partial charge in [-0.2, -0.15) is 4.98 Å². The van der Waals surface area contributed by atoms with Crippen LogP contribution >= 0.6 is 0 Å². The highest BCUT2D eigenvalue weighted by atomic mass is 15.3. The van der Waals surface area contributed by atoms with Gasteiger partial charge in [0.25, 0.3) is 0 Å². The zero-order valence-corrected chi connectivity index (χ0v) is 15.6. The molecule has 1 aromatic carbocycles. The number of anilines is 4. The predicted octanol–water partition coefficient (Wildman–Crippen LogP) is 4.30. The summed E-state index contributed by atoms with van der Waals surface area (Å²) in [5.74, 6) is 2.46. The molecule has 0 aliphatic carbocycles. The lowest BCUT2D eigenvalue weighted by molar-refractivity contribution is 0.438. The van der Waals surface area contributed by atoms with Crippen molar-refractivity contribution in [3.8, 4) is 0 Å². The van der Waals surface area contributed by atoms with E-state index in [0.717, 1.165) is 49.6 Å². The van der Waals surface area contributed by atoms with E-state index in [1.807, 2.05) is 12.3 Å². The van der Waals surface area contributed by atoms with Gasteiger partial charge in [-0.05, 0) is 62.9 Å². The van der Waals surface area contributed by atoms with Gasteiger partial charge in [0.2, 0.25) is 5.95 Å². The van der Waals surface area contributed by atoms with E-state index >= 15 is 0 Å². The van der Waals surface area contributed by atoms with Gasteiger partial charge < -0.3 is 15.1 Å². The first-order valence-corrected chi connectivity index (χ1v) is 9.39. The Morgan fingerprint density at radius 2 is 1.76 bits per heavy atom. The van der Waals surface area contributed by atoms with E-state index in [2.05, 4.69) is 70.1 Å². The van der Waals surface area contributed by atoms with Crippen LogP contribution in [0.5, 0.6) is 0 Å². The van der Waals surface area contributed by atoms with Crippen LogP contribution in [0.1, 0.15) is 33.6 Å². The maximum atomic E-state index is 4.62.